The van der Waals surface area contributed by atoms with E-state index in [1.165, 1.54) is 0 Å². The second kappa shape index (κ2) is 3.81. The summed E-state index contributed by atoms with van der Waals surface area (Å²) in [5.41, 5.74) is 1.85. The highest BCUT2D eigenvalue weighted by atomic mass is 79.9. The van der Waals surface area contributed by atoms with Crippen molar-refractivity contribution in [3.63, 3.8) is 0 Å². The summed E-state index contributed by atoms with van der Waals surface area (Å²) in [4.78, 5) is 4.17. The predicted molar refractivity (Wildman–Crippen MR) is 57.3 cm³/mol. The van der Waals surface area contributed by atoms with E-state index in [2.05, 4.69) is 27.0 Å². The lowest BCUT2D eigenvalue weighted by atomic mass is 10.1. The molecule has 1 unspecified atom stereocenters. The molecule has 0 N–H and O–H groups in total. The molecule has 0 bridgehead atoms. The van der Waals surface area contributed by atoms with Crippen LogP contribution >= 0.6 is 15.9 Å². The normalized spacial score (nSPS) is 12.6. The third-order valence-electron chi connectivity index (χ3n) is 2.13. The Morgan fingerprint density at radius 1 is 1.57 bits per heavy atom. The SMILES string of the molecule is N#CC(CBr)c1cccc2nccn12. The zero-order valence-corrected chi connectivity index (χ0v) is 8.98. The number of hydrogen-bond donors (Lipinski definition) is 0. The minimum atomic E-state index is -0.132. The van der Waals surface area contributed by atoms with Crippen molar-refractivity contribution in [1.82, 2.24) is 9.38 Å². The molecule has 0 saturated heterocycles. The fraction of sp³-hybridized carbons (Fsp3) is 0.200. The maximum absolute atomic E-state index is 8.96. The van der Waals surface area contributed by atoms with Crippen LogP contribution in [0.3, 0.4) is 0 Å². The van der Waals surface area contributed by atoms with Gasteiger partial charge in [0.1, 0.15) is 5.65 Å². The van der Waals surface area contributed by atoms with E-state index < -0.39 is 0 Å². The maximum Gasteiger partial charge on any atom is 0.136 e. The number of nitriles is 1. The number of imidazole rings is 1. The monoisotopic (exact) mass is 249 g/mol. The van der Waals surface area contributed by atoms with Crippen LogP contribution in [0.2, 0.25) is 0 Å². The first-order chi connectivity index (χ1) is 6.86. The van der Waals surface area contributed by atoms with Gasteiger partial charge in [-0.2, -0.15) is 5.26 Å². The number of alkyl halides is 1. The summed E-state index contributed by atoms with van der Waals surface area (Å²) < 4.78 is 1.94. The van der Waals surface area contributed by atoms with Gasteiger partial charge in [0.25, 0.3) is 0 Å². The van der Waals surface area contributed by atoms with Gasteiger partial charge >= 0.3 is 0 Å². The van der Waals surface area contributed by atoms with E-state index in [1.807, 2.05) is 28.8 Å². The van der Waals surface area contributed by atoms with Crippen molar-refractivity contribution < 1.29 is 0 Å². The van der Waals surface area contributed by atoms with Crippen LogP contribution in [0.4, 0.5) is 0 Å². The summed E-state index contributed by atoms with van der Waals surface area (Å²) in [7, 11) is 0. The highest BCUT2D eigenvalue weighted by Gasteiger charge is 2.11. The molecule has 4 heteroatoms. The Hall–Kier alpha value is -1.34. The fourth-order valence-electron chi connectivity index (χ4n) is 1.43. The van der Waals surface area contributed by atoms with E-state index in [1.54, 1.807) is 6.20 Å². The van der Waals surface area contributed by atoms with Crippen LogP contribution in [-0.2, 0) is 0 Å². The maximum atomic E-state index is 8.96. The van der Waals surface area contributed by atoms with E-state index in [-0.39, 0.29) is 5.92 Å². The molecule has 0 spiro atoms. The van der Waals surface area contributed by atoms with Gasteiger partial charge < -0.3 is 4.40 Å². The number of hydrogen-bond acceptors (Lipinski definition) is 2. The van der Waals surface area contributed by atoms with Crippen molar-refractivity contribution >= 4 is 21.6 Å². The summed E-state index contributed by atoms with van der Waals surface area (Å²) in [6.45, 7) is 0. The summed E-state index contributed by atoms with van der Waals surface area (Å²) in [6, 6.07) is 8.05. The quantitative estimate of drug-likeness (QED) is 0.767. The number of rotatable bonds is 2. The van der Waals surface area contributed by atoms with Crippen molar-refractivity contribution in [2.24, 2.45) is 0 Å². The largest absolute Gasteiger partial charge is 0.303 e. The molecule has 2 heterocycles. The Balaban J connectivity index is 2.62. The standard InChI is InChI=1S/C10H8BrN3/c11-6-8(7-12)9-2-1-3-10-13-4-5-14(9)10/h1-5,8H,6H2. The van der Waals surface area contributed by atoms with Crippen molar-refractivity contribution in [3.8, 4) is 6.07 Å². The Kier molecular flexibility index (Phi) is 2.51. The average Bonchev–Trinajstić information content (AvgIpc) is 2.68. The van der Waals surface area contributed by atoms with Crippen LogP contribution in [0.15, 0.2) is 30.6 Å². The van der Waals surface area contributed by atoms with Crippen LogP contribution in [0.5, 0.6) is 0 Å². The van der Waals surface area contributed by atoms with E-state index in [9.17, 15) is 0 Å². The molecular formula is C10H8BrN3. The van der Waals surface area contributed by atoms with Gasteiger partial charge in [-0.3, -0.25) is 0 Å². The molecule has 2 aromatic heterocycles. The van der Waals surface area contributed by atoms with Crippen LogP contribution in [0, 0.1) is 11.3 Å². The second-order valence-electron chi connectivity index (χ2n) is 2.94. The van der Waals surface area contributed by atoms with Crippen LogP contribution in [0.1, 0.15) is 11.6 Å². The predicted octanol–water partition coefficient (Wildman–Crippen LogP) is 2.34. The topological polar surface area (TPSA) is 41.1 Å². The minimum Gasteiger partial charge on any atom is -0.303 e. The molecule has 2 rings (SSSR count). The number of aromatic nitrogens is 2. The summed E-state index contributed by atoms with van der Waals surface area (Å²) in [5.74, 6) is -0.132. The lowest BCUT2D eigenvalue weighted by Gasteiger charge is -2.08. The first-order valence-corrected chi connectivity index (χ1v) is 5.36. The number of pyridine rings is 1. The van der Waals surface area contributed by atoms with Gasteiger partial charge in [-0.1, -0.05) is 22.0 Å². The molecule has 2 aromatic rings. The number of nitrogens with zero attached hydrogens (tertiary/aromatic N) is 3. The molecule has 0 aromatic carbocycles. The molecule has 0 radical (unpaired) electrons. The van der Waals surface area contributed by atoms with Gasteiger partial charge in [-0.25, -0.2) is 4.98 Å². The van der Waals surface area contributed by atoms with Gasteiger partial charge in [0.15, 0.2) is 0 Å². The number of fused-ring (bicyclic) bond motifs is 1. The van der Waals surface area contributed by atoms with Crippen molar-refractivity contribution in [1.29, 1.82) is 5.26 Å². The molecule has 70 valence electrons. The van der Waals surface area contributed by atoms with Crippen LogP contribution < -0.4 is 0 Å². The van der Waals surface area contributed by atoms with E-state index >= 15 is 0 Å². The highest BCUT2D eigenvalue weighted by Crippen LogP contribution is 2.18. The van der Waals surface area contributed by atoms with E-state index in [0.29, 0.717) is 5.33 Å². The second-order valence-corrected chi connectivity index (χ2v) is 3.59. The van der Waals surface area contributed by atoms with Crippen molar-refractivity contribution in [2.75, 3.05) is 5.33 Å². The molecule has 0 aliphatic rings. The summed E-state index contributed by atoms with van der Waals surface area (Å²) in [5, 5.41) is 9.60. The lowest BCUT2D eigenvalue weighted by Crippen LogP contribution is -2.03. The van der Waals surface area contributed by atoms with E-state index in [4.69, 9.17) is 5.26 Å². The lowest BCUT2D eigenvalue weighted by molar-refractivity contribution is 0.903. The van der Waals surface area contributed by atoms with Gasteiger partial charge in [0, 0.05) is 23.4 Å². The smallest absolute Gasteiger partial charge is 0.136 e. The Morgan fingerprint density at radius 2 is 2.43 bits per heavy atom. The molecular weight excluding hydrogens is 242 g/mol. The third-order valence-corrected chi connectivity index (χ3v) is 2.77. The summed E-state index contributed by atoms with van der Waals surface area (Å²) >= 11 is 3.33. The van der Waals surface area contributed by atoms with Crippen LogP contribution in [-0.4, -0.2) is 14.7 Å². The van der Waals surface area contributed by atoms with E-state index in [0.717, 1.165) is 11.3 Å². The Labute approximate surface area is 90.1 Å². The average molecular weight is 250 g/mol. The van der Waals surface area contributed by atoms with Crippen molar-refractivity contribution in [2.45, 2.75) is 5.92 Å². The number of halogens is 1. The third kappa shape index (κ3) is 1.40. The van der Waals surface area contributed by atoms with Gasteiger partial charge in [-0.05, 0) is 12.1 Å². The van der Waals surface area contributed by atoms with Crippen LogP contribution in [0.25, 0.3) is 5.65 Å². The summed E-state index contributed by atoms with van der Waals surface area (Å²) in [6.07, 6.45) is 3.61. The molecule has 0 saturated carbocycles. The Bertz CT molecular complexity index is 483. The molecule has 3 nitrogen and oxygen atoms in total. The zero-order valence-electron chi connectivity index (χ0n) is 7.39. The first kappa shape index (κ1) is 9.22. The minimum absolute atomic E-state index is 0.132. The highest BCUT2D eigenvalue weighted by molar-refractivity contribution is 9.09. The Morgan fingerprint density at radius 3 is 3.14 bits per heavy atom. The van der Waals surface area contributed by atoms with Gasteiger partial charge in [-0.15, -0.1) is 0 Å². The zero-order chi connectivity index (χ0) is 9.97. The molecule has 1 atom stereocenters. The molecule has 0 amide bonds. The molecule has 0 fully saturated rings. The van der Waals surface area contributed by atoms with Gasteiger partial charge in [0.2, 0.25) is 0 Å². The molecule has 14 heavy (non-hydrogen) atoms. The fourth-order valence-corrected chi connectivity index (χ4v) is 1.91. The first-order valence-electron chi connectivity index (χ1n) is 4.24. The molecule has 0 aliphatic heterocycles. The van der Waals surface area contributed by atoms with Gasteiger partial charge in [0.05, 0.1) is 12.0 Å². The molecule has 0 aliphatic carbocycles. The van der Waals surface area contributed by atoms with Crippen molar-refractivity contribution in [3.05, 3.63) is 36.3 Å².